The van der Waals surface area contributed by atoms with Crippen LogP contribution in [0.1, 0.15) is 6.42 Å². The predicted octanol–water partition coefficient (Wildman–Crippen LogP) is 3.98. The molecule has 4 heterocycles. The Balaban J connectivity index is 1.50. The van der Waals surface area contributed by atoms with Crippen LogP contribution in [0, 0.1) is 0 Å². The van der Waals surface area contributed by atoms with Crippen LogP contribution in [0.2, 0.25) is 5.15 Å². The highest BCUT2D eigenvalue weighted by atomic mass is 35.5. The molecule has 4 aromatic heterocycles. The number of aromatic nitrogens is 5. The maximum atomic E-state index is 6.22. The van der Waals surface area contributed by atoms with Crippen LogP contribution in [-0.2, 0) is 6.54 Å². The molecule has 126 valence electrons. The quantitative estimate of drug-likeness (QED) is 0.407. The molecule has 0 saturated carbocycles. The van der Waals surface area contributed by atoms with E-state index in [0.717, 1.165) is 47.5 Å². The monoisotopic (exact) mass is 352 g/mol. The lowest BCUT2D eigenvalue weighted by molar-refractivity contribution is 0.660. The molecule has 0 atom stereocenters. The highest BCUT2D eigenvalue weighted by Gasteiger charge is 2.09. The van der Waals surface area contributed by atoms with Crippen molar-refractivity contribution in [3.05, 3.63) is 60.5 Å². The topological polar surface area (TPSA) is 71.4 Å². The SMILES string of the molecule is Clc1cc(-c2c[nH]c3ncccc23)cc(NCCCn2ccnc2)n1. The van der Waals surface area contributed by atoms with Crippen LogP contribution in [0.15, 0.2) is 55.4 Å². The van der Waals surface area contributed by atoms with Gasteiger partial charge in [0.25, 0.3) is 0 Å². The van der Waals surface area contributed by atoms with Crippen LogP contribution in [0.3, 0.4) is 0 Å². The number of nitrogens with zero attached hydrogens (tertiary/aromatic N) is 4. The Hall–Kier alpha value is -2.86. The molecule has 2 N–H and O–H groups in total. The van der Waals surface area contributed by atoms with E-state index in [9.17, 15) is 0 Å². The second-order valence-electron chi connectivity index (χ2n) is 5.75. The average molecular weight is 353 g/mol. The summed E-state index contributed by atoms with van der Waals surface area (Å²) in [7, 11) is 0. The number of aryl methyl sites for hydroxylation is 1. The Labute approximate surface area is 149 Å². The summed E-state index contributed by atoms with van der Waals surface area (Å²) in [5, 5.41) is 4.87. The normalized spacial score (nSPS) is 11.1. The third-order valence-corrected chi connectivity index (χ3v) is 4.21. The zero-order chi connectivity index (χ0) is 17.1. The molecule has 0 aliphatic heterocycles. The molecule has 6 nitrogen and oxygen atoms in total. The Bertz CT molecular complexity index is 976. The second-order valence-corrected chi connectivity index (χ2v) is 6.13. The molecule has 0 saturated heterocycles. The first-order valence-corrected chi connectivity index (χ1v) is 8.47. The first kappa shape index (κ1) is 15.7. The molecule has 25 heavy (non-hydrogen) atoms. The van der Waals surface area contributed by atoms with Crippen molar-refractivity contribution in [2.24, 2.45) is 0 Å². The lowest BCUT2D eigenvalue weighted by Gasteiger charge is -2.09. The summed E-state index contributed by atoms with van der Waals surface area (Å²) < 4.78 is 2.05. The van der Waals surface area contributed by atoms with E-state index < -0.39 is 0 Å². The van der Waals surface area contributed by atoms with Crippen LogP contribution >= 0.6 is 11.6 Å². The number of aromatic amines is 1. The summed E-state index contributed by atoms with van der Waals surface area (Å²) in [6.07, 6.45) is 10.3. The number of halogens is 1. The molecule has 7 heteroatoms. The molecule has 0 aliphatic carbocycles. The van der Waals surface area contributed by atoms with Crippen molar-refractivity contribution >= 4 is 28.5 Å². The minimum Gasteiger partial charge on any atom is -0.370 e. The molecule has 0 spiro atoms. The van der Waals surface area contributed by atoms with Crippen LogP contribution in [0.4, 0.5) is 5.82 Å². The van der Waals surface area contributed by atoms with Gasteiger partial charge in [0, 0.05) is 48.8 Å². The summed E-state index contributed by atoms with van der Waals surface area (Å²) in [4.78, 5) is 15.9. The lowest BCUT2D eigenvalue weighted by atomic mass is 10.1. The molecule has 0 fully saturated rings. The fraction of sp³-hybridized carbons (Fsp3) is 0.167. The molecular formula is C18H17ClN6. The molecule has 0 aromatic carbocycles. The maximum Gasteiger partial charge on any atom is 0.137 e. The van der Waals surface area contributed by atoms with Gasteiger partial charge in [-0.25, -0.2) is 15.0 Å². The van der Waals surface area contributed by atoms with Gasteiger partial charge < -0.3 is 14.9 Å². The molecule has 4 aromatic rings. The van der Waals surface area contributed by atoms with Gasteiger partial charge in [-0.2, -0.15) is 0 Å². The van der Waals surface area contributed by atoms with Crippen LogP contribution < -0.4 is 5.32 Å². The summed E-state index contributed by atoms with van der Waals surface area (Å²) in [5.41, 5.74) is 2.94. The van der Waals surface area contributed by atoms with Gasteiger partial charge in [0.2, 0.25) is 0 Å². The van der Waals surface area contributed by atoms with Gasteiger partial charge in [-0.05, 0) is 36.2 Å². The van der Waals surface area contributed by atoms with Crippen molar-refractivity contribution in [2.45, 2.75) is 13.0 Å². The molecule has 0 aliphatic rings. The number of fused-ring (bicyclic) bond motifs is 1. The average Bonchev–Trinajstić information content (AvgIpc) is 3.28. The van der Waals surface area contributed by atoms with E-state index in [1.165, 1.54) is 0 Å². The van der Waals surface area contributed by atoms with Crippen LogP contribution in [-0.4, -0.2) is 31.0 Å². The molecule has 0 amide bonds. The standard InChI is InChI=1S/C18H17ClN6/c19-16-9-13(15-11-23-18-14(15)3-1-4-22-18)10-17(24-16)21-5-2-7-25-8-6-20-12-25/h1,3-4,6,8-12H,2,5,7H2,(H,21,24)(H,22,23). The van der Waals surface area contributed by atoms with Gasteiger partial charge in [0.05, 0.1) is 6.33 Å². The van der Waals surface area contributed by atoms with E-state index in [1.807, 2.05) is 43.0 Å². The summed E-state index contributed by atoms with van der Waals surface area (Å²) in [5.74, 6) is 0.770. The van der Waals surface area contributed by atoms with Gasteiger partial charge in [0.1, 0.15) is 16.6 Å². The maximum absolute atomic E-state index is 6.22. The summed E-state index contributed by atoms with van der Waals surface area (Å²) >= 11 is 6.22. The molecule has 0 radical (unpaired) electrons. The highest BCUT2D eigenvalue weighted by Crippen LogP contribution is 2.30. The first-order valence-electron chi connectivity index (χ1n) is 8.09. The number of pyridine rings is 2. The minimum absolute atomic E-state index is 0.466. The first-order chi connectivity index (χ1) is 12.3. The van der Waals surface area contributed by atoms with E-state index in [0.29, 0.717) is 5.15 Å². The third-order valence-electron chi connectivity index (χ3n) is 4.01. The number of imidazole rings is 1. The van der Waals surface area contributed by atoms with Crippen molar-refractivity contribution in [1.29, 1.82) is 0 Å². The van der Waals surface area contributed by atoms with Gasteiger partial charge in [-0.3, -0.25) is 0 Å². The van der Waals surface area contributed by atoms with Crippen molar-refractivity contribution in [1.82, 2.24) is 24.5 Å². The van der Waals surface area contributed by atoms with Gasteiger partial charge in [-0.1, -0.05) is 11.6 Å². The second kappa shape index (κ2) is 6.94. The Morgan fingerprint density at radius 3 is 3.08 bits per heavy atom. The largest absolute Gasteiger partial charge is 0.370 e. The van der Waals surface area contributed by atoms with Crippen molar-refractivity contribution < 1.29 is 0 Å². The van der Waals surface area contributed by atoms with Gasteiger partial charge in [0.15, 0.2) is 0 Å². The van der Waals surface area contributed by atoms with Gasteiger partial charge >= 0.3 is 0 Å². The van der Waals surface area contributed by atoms with Crippen molar-refractivity contribution in [3.8, 4) is 11.1 Å². The molecule has 0 unspecified atom stereocenters. The third kappa shape index (κ3) is 3.49. The Morgan fingerprint density at radius 1 is 1.24 bits per heavy atom. The molecule has 0 bridgehead atoms. The number of rotatable bonds is 6. The number of hydrogen-bond donors (Lipinski definition) is 2. The van der Waals surface area contributed by atoms with Crippen molar-refractivity contribution in [2.75, 3.05) is 11.9 Å². The fourth-order valence-corrected chi connectivity index (χ4v) is 3.04. The number of anilines is 1. The Kier molecular flexibility index (Phi) is 4.35. The number of H-pyrrole nitrogens is 1. The zero-order valence-electron chi connectivity index (χ0n) is 13.5. The highest BCUT2D eigenvalue weighted by molar-refractivity contribution is 6.29. The minimum atomic E-state index is 0.466. The molecule has 4 rings (SSSR count). The number of nitrogens with one attached hydrogen (secondary N) is 2. The predicted molar refractivity (Wildman–Crippen MR) is 99.7 cm³/mol. The molecular weight excluding hydrogens is 336 g/mol. The van der Waals surface area contributed by atoms with E-state index in [4.69, 9.17) is 11.6 Å². The van der Waals surface area contributed by atoms with Gasteiger partial charge in [-0.15, -0.1) is 0 Å². The van der Waals surface area contributed by atoms with Crippen LogP contribution in [0.5, 0.6) is 0 Å². The van der Waals surface area contributed by atoms with E-state index in [-0.39, 0.29) is 0 Å². The van der Waals surface area contributed by atoms with E-state index >= 15 is 0 Å². The zero-order valence-corrected chi connectivity index (χ0v) is 14.2. The fourth-order valence-electron chi connectivity index (χ4n) is 2.83. The van der Waals surface area contributed by atoms with Crippen LogP contribution in [0.25, 0.3) is 22.2 Å². The lowest BCUT2D eigenvalue weighted by Crippen LogP contribution is -2.07. The number of hydrogen-bond acceptors (Lipinski definition) is 4. The smallest absolute Gasteiger partial charge is 0.137 e. The van der Waals surface area contributed by atoms with Crippen molar-refractivity contribution in [3.63, 3.8) is 0 Å². The van der Waals surface area contributed by atoms with E-state index in [1.54, 1.807) is 12.4 Å². The summed E-state index contributed by atoms with van der Waals surface area (Å²) in [6.45, 7) is 1.72. The summed E-state index contributed by atoms with van der Waals surface area (Å²) in [6, 6.07) is 7.85. The van der Waals surface area contributed by atoms with E-state index in [2.05, 4.69) is 29.8 Å². The Morgan fingerprint density at radius 2 is 2.20 bits per heavy atom.